The molecule has 0 aliphatic carbocycles. The van der Waals surface area contributed by atoms with Gasteiger partial charge in [0.25, 0.3) is 0 Å². The van der Waals surface area contributed by atoms with Gasteiger partial charge < -0.3 is 10.0 Å². The van der Waals surface area contributed by atoms with E-state index in [1.807, 2.05) is 22.6 Å². The van der Waals surface area contributed by atoms with Crippen LogP contribution in [0.15, 0.2) is 23.1 Å². The summed E-state index contributed by atoms with van der Waals surface area (Å²) in [6.07, 6.45) is 0.394. The molecule has 9 heteroatoms. The summed E-state index contributed by atoms with van der Waals surface area (Å²) in [5.74, 6) is -1.49. The van der Waals surface area contributed by atoms with E-state index in [-0.39, 0.29) is 16.4 Å². The van der Waals surface area contributed by atoms with Crippen molar-refractivity contribution in [1.82, 2.24) is 9.62 Å². The van der Waals surface area contributed by atoms with Gasteiger partial charge in [0.15, 0.2) is 0 Å². The average Bonchev–Trinajstić information content (AvgIpc) is 2.70. The molecule has 1 atom stereocenters. The third-order valence-electron chi connectivity index (χ3n) is 3.20. The minimum absolute atomic E-state index is 0.0895. The summed E-state index contributed by atoms with van der Waals surface area (Å²) < 4.78 is 27.3. The molecule has 0 saturated carbocycles. The van der Waals surface area contributed by atoms with Crippen molar-refractivity contribution in [2.24, 2.45) is 0 Å². The molecular weight excluding hydrogens is 411 g/mol. The van der Waals surface area contributed by atoms with Gasteiger partial charge in [0, 0.05) is 17.2 Å². The van der Waals surface area contributed by atoms with E-state index < -0.39 is 22.0 Å². The Labute approximate surface area is 135 Å². The largest absolute Gasteiger partial charge is 0.478 e. The summed E-state index contributed by atoms with van der Waals surface area (Å²) in [7, 11) is -2.34. The summed E-state index contributed by atoms with van der Waals surface area (Å²) in [6, 6.07) is 3.03. The fourth-order valence-corrected chi connectivity index (χ4v) is 3.84. The number of carboxylic acids is 1. The molecular formula is C12H13IN2O5S. The third kappa shape index (κ3) is 3.35. The van der Waals surface area contributed by atoms with Crippen LogP contribution in [0.3, 0.4) is 0 Å². The molecule has 114 valence electrons. The van der Waals surface area contributed by atoms with Crippen LogP contribution in [0, 0.1) is 3.57 Å². The third-order valence-corrected chi connectivity index (χ3v) is 5.61. The van der Waals surface area contributed by atoms with Crippen LogP contribution in [0.25, 0.3) is 0 Å². The van der Waals surface area contributed by atoms with E-state index in [1.54, 1.807) is 7.05 Å². The first kappa shape index (κ1) is 16.2. The van der Waals surface area contributed by atoms with Gasteiger partial charge in [0.05, 0.1) is 10.5 Å². The van der Waals surface area contributed by atoms with Crippen molar-refractivity contribution in [1.29, 1.82) is 0 Å². The predicted octanol–water partition coefficient (Wildman–Crippen LogP) is 0.498. The number of hydrogen-bond acceptors (Lipinski definition) is 4. The van der Waals surface area contributed by atoms with Crippen molar-refractivity contribution in [3.63, 3.8) is 0 Å². The minimum atomic E-state index is -3.94. The SMILES string of the molecule is CN1CCC(NS(=O)(=O)c2ccc(I)c(C(=O)O)c2)C1=O. The Morgan fingerprint density at radius 2 is 2.14 bits per heavy atom. The molecule has 0 radical (unpaired) electrons. The van der Waals surface area contributed by atoms with Gasteiger partial charge in [0.2, 0.25) is 15.9 Å². The van der Waals surface area contributed by atoms with Crippen molar-refractivity contribution in [3.8, 4) is 0 Å². The Bertz CT molecular complexity index is 704. The molecule has 1 unspecified atom stereocenters. The second kappa shape index (κ2) is 5.89. The van der Waals surface area contributed by atoms with Crippen molar-refractivity contribution in [3.05, 3.63) is 27.3 Å². The van der Waals surface area contributed by atoms with E-state index >= 15 is 0 Å². The molecule has 2 rings (SSSR count). The highest BCUT2D eigenvalue weighted by Gasteiger charge is 2.33. The first-order valence-electron chi connectivity index (χ1n) is 6.02. The van der Waals surface area contributed by atoms with Crippen LogP contribution in [-0.2, 0) is 14.8 Å². The summed E-state index contributed by atoms with van der Waals surface area (Å²) in [5.41, 5.74) is -0.0895. The smallest absolute Gasteiger partial charge is 0.336 e. The van der Waals surface area contributed by atoms with Crippen LogP contribution < -0.4 is 4.72 Å². The van der Waals surface area contributed by atoms with Crippen LogP contribution in [0.1, 0.15) is 16.8 Å². The Morgan fingerprint density at radius 1 is 1.48 bits per heavy atom. The molecule has 1 saturated heterocycles. The van der Waals surface area contributed by atoms with Crippen LogP contribution in [0.4, 0.5) is 0 Å². The molecule has 1 aromatic rings. The Hall–Kier alpha value is -1.20. The molecule has 1 amide bonds. The second-order valence-corrected chi connectivity index (χ2v) is 7.55. The Kier molecular flexibility index (Phi) is 4.54. The molecule has 1 heterocycles. The number of halogens is 1. The maximum Gasteiger partial charge on any atom is 0.336 e. The van der Waals surface area contributed by atoms with Gasteiger partial charge >= 0.3 is 5.97 Å². The Balaban J connectivity index is 2.30. The summed E-state index contributed by atoms with van der Waals surface area (Å²) in [4.78, 5) is 24.1. The lowest BCUT2D eigenvalue weighted by Gasteiger charge is -2.13. The molecule has 2 N–H and O–H groups in total. The highest BCUT2D eigenvalue weighted by Crippen LogP contribution is 2.19. The second-order valence-electron chi connectivity index (χ2n) is 4.67. The van der Waals surface area contributed by atoms with Gasteiger partial charge in [-0.15, -0.1) is 0 Å². The van der Waals surface area contributed by atoms with E-state index in [0.29, 0.717) is 16.5 Å². The number of amides is 1. The van der Waals surface area contributed by atoms with Crippen LogP contribution in [0.5, 0.6) is 0 Å². The van der Waals surface area contributed by atoms with Gasteiger partial charge in [-0.1, -0.05) is 0 Å². The molecule has 0 spiro atoms. The molecule has 7 nitrogen and oxygen atoms in total. The lowest BCUT2D eigenvalue weighted by Crippen LogP contribution is -2.40. The molecule has 1 fully saturated rings. The number of rotatable bonds is 4. The number of nitrogens with zero attached hydrogens (tertiary/aromatic N) is 1. The number of sulfonamides is 1. The number of carbonyl (C=O) groups excluding carboxylic acids is 1. The van der Waals surface area contributed by atoms with Crippen molar-refractivity contribution >= 4 is 44.5 Å². The molecule has 1 aromatic carbocycles. The summed E-state index contributed by atoms with van der Waals surface area (Å²) in [5, 5.41) is 9.04. The van der Waals surface area contributed by atoms with E-state index in [1.165, 1.54) is 17.0 Å². The number of carboxylic acid groups (broad SMARTS) is 1. The molecule has 1 aliphatic heterocycles. The fraction of sp³-hybridized carbons (Fsp3) is 0.333. The van der Waals surface area contributed by atoms with Crippen molar-refractivity contribution < 1.29 is 23.1 Å². The van der Waals surface area contributed by atoms with Gasteiger partial charge in [-0.25, -0.2) is 13.2 Å². The van der Waals surface area contributed by atoms with E-state index in [9.17, 15) is 18.0 Å². The van der Waals surface area contributed by atoms with Crippen molar-refractivity contribution in [2.45, 2.75) is 17.4 Å². The van der Waals surface area contributed by atoms with Crippen LogP contribution in [-0.4, -0.2) is 49.9 Å². The Morgan fingerprint density at radius 3 is 2.67 bits per heavy atom. The summed E-state index contributed by atoms with van der Waals surface area (Å²) >= 11 is 1.82. The van der Waals surface area contributed by atoms with Gasteiger partial charge in [-0.3, -0.25) is 4.79 Å². The highest BCUT2D eigenvalue weighted by molar-refractivity contribution is 14.1. The van der Waals surface area contributed by atoms with Gasteiger partial charge in [-0.05, 0) is 47.2 Å². The first-order chi connectivity index (χ1) is 9.72. The number of carbonyl (C=O) groups is 2. The molecule has 0 aromatic heterocycles. The molecule has 21 heavy (non-hydrogen) atoms. The average molecular weight is 424 g/mol. The maximum atomic E-state index is 12.2. The zero-order valence-electron chi connectivity index (χ0n) is 11.0. The van der Waals surface area contributed by atoms with Crippen LogP contribution in [0.2, 0.25) is 0 Å². The van der Waals surface area contributed by atoms with Crippen LogP contribution >= 0.6 is 22.6 Å². The standard InChI is InChI=1S/C12H13IN2O5S/c1-15-5-4-10(11(15)16)14-21(19,20)7-2-3-9(13)8(6-7)12(17)18/h2-3,6,10,14H,4-5H2,1H3,(H,17,18). The lowest BCUT2D eigenvalue weighted by atomic mass is 10.2. The number of nitrogens with one attached hydrogen (secondary N) is 1. The fourth-order valence-electron chi connectivity index (χ4n) is 2.02. The number of likely N-dealkylation sites (tertiary alicyclic amines) is 1. The van der Waals surface area contributed by atoms with E-state index in [4.69, 9.17) is 5.11 Å². The normalized spacial score (nSPS) is 19.0. The lowest BCUT2D eigenvalue weighted by molar-refractivity contribution is -0.127. The molecule has 1 aliphatic rings. The maximum absolute atomic E-state index is 12.2. The zero-order valence-corrected chi connectivity index (χ0v) is 14.0. The monoisotopic (exact) mass is 424 g/mol. The van der Waals surface area contributed by atoms with Gasteiger partial charge in [0.1, 0.15) is 6.04 Å². The molecule has 0 bridgehead atoms. The zero-order chi connectivity index (χ0) is 15.8. The minimum Gasteiger partial charge on any atom is -0.478 e. The first-order valence-corrected chi connectivity index (χ1v) is 8.59. The quantitative estimate of drug-likeness (QED) is 0.686. The number of likely N-dealkylation sites (N-methyl/N-ethyl adjacent to an activating group) is 1. The van der Waals surface area contributed by atoms with Crippen molar-refractivity contribution in [2.75, 3.05) is 13.6 Å². The topological polar surface area (TPSA) is 104 Å². The predicted molar refractivity (Wildman–Crippen MR) is 82.5 cm³/mol. The number of hydrogen-bond donors (Lipinski definition) is 2. The number of benzene rings is 1. The van der Waals surface area contributed by atoms with Gasteiger partial charge in [-0.2, -0.15) is 4.72 Å². The highest BCUT2D eigenvalue weighted by atomic mass is 127. The summed E-state index contributed by atoms with van der Waals surface area (Å²) in [6.45, 7) is 0.485. The van der Waals surface area contributed by atoms with E-state index in [0.717, 1.165) is 6.07 Å². The van der Waals surface area contributed by atoms with E-state index in [2.05, 4.69) is 4.72 Å². The number of aromatic carboxylic acids is 1.